The number of aromatic nitrogens is 1. The summed E-state index contributed by atoms with van der Waals surface area (Å²) in [7, 11) is 1.60. The number of carboxylic acids is 1. The zero-order valence-electron chi connectivity index (χ0n) is 27.6. The number of nitrogens with one attached hydrogen (secondary N) is 1. The van der Waals surface area contributed by atoms with E-state index in [9.17, 15) is 29.1 Å². The molecule has 5 rings (SSSR count). The summed E-state index contributed by atoms with van der Waals surface area (Å²) in [6.07, 6.45) is 0.654. The molecule has 260 valence electrons. The summed E-state index contributed by atoms with van der Waals surface area (Å²) in [6.45, 7) is 3.12. The number of nitrogens with zero attached hydrogens (tertiary/aromatic N) is 4. The van der Waals surface area contributed by atoms with Crippen LogP contribution in [0.5, 0.6) is 11.5 Å². The molecule has 2 aromatic carbocycles. The quantitative estimate of drug-likeness (QED) is 0.291. The van der Waals surface area contributed by atoms with Crippen molar-refractivity contribution in [1.29, 1.82) is 0 Å². The van der Waals surface area contributed by atoms with Crippen molar-refractivity contribution in [2.45, 2.75) is 44.7 Å². The number of para-hydroxylation sites is 2. The van der Waals surface area contributed by atoms with Crippen molar-refractivity contribution in [2.75, 3.05) is 53.0 Å². The van der Waals surface area contributed by atoms with Crippen molar-refractivity contribution in [3.8, 4) is 11.5 Å². The second-order valence-corrected chi connectivity index (χ2v) is 11.8. The van der Waals surface area contributed by atoms with Gasteiger partial charge in [0.15, 0.2) is 6.61 Å². The van der Waals surface area contributed by atoms with E-state index in [1.165, 1.54) is 15.9 Å². The third-order valence-corrected chi connectivity index (χ3v) is 8.70. The Bertz CT molecular complexity index is 1690. The Morgan fingerprint density at radius 2 is 1.67 bits per heavy atom. The van der Waals surface area contributed by atoms with E-state index in [1.54, 1.807) is 43.2 Å². The minimum Gasteiger partial charge on any atom is -0.496 e. The molecule has 3 heterocycles. The lowest BCUT2D eigenvalue weighted by Crippen LogP contribution is -2.56. The van der Waals surface area contributed by atoms with Gasteiger partial charge in [0.1, 0.15) is 23.2 Å². The highest BCUT2D eigenvalue weighted by Gasteiger charge is 2.33. The van der Waals surface area contributed by atoms with Gasteiger partial charge in [0.25, 0.3) is 11.8 Å². The number of hydrogen-bond donors (Lipinski definition) is 2. The third kappa shape index (κ3) is 8.37. The molecule has 2 aliphatic heterocycles. The topological polar surface area (TPSA) is 168 Å². The molecule has 14 nitrogen and oxygen atoms in total. The van der Waals surface area contributed by atoms with E-state index in [4.69, 9.17) is 14.2 Å². The molecular formula is C35H41N5O9. The molecule has 2 N–H and O–H groups in total. The van der Waals surface area contributed by atoms with Crippen molar-refractivity contribution < 1.29 is 43.3 Å². The van der Waals surface area contributed by atoms with Gasteiger partial charge in [-0.15, -0.1) is 0 Å². The van der Waals surface area contributed by atoms with E-state index in [-0.39, 0.29) is 75.6 Å². The normalized spacial score (nSPS) is 16.6. The number of hydrogen-bond acceptors (Lipinski definition) is 9. The number of fused-ring (bicyclic) bond motifs is 1. The van der Waals surface area contributed by atoms with Crippen molar-refractivity contribution in [2.24, 2.45) is 0 Å². The minimum absolute atomic E-state index is 0.0607. The maximum atomic E-state index is 13.6. The first-order valence-electron chi connectivity index (χ1n) is 16.4. The van der Waals surface area contributed by atoms with Crippen LogP contribution >= 0.6 is 0 Å². The van der Waals surface area contributed by atoms with E-state index in [0.717, 1.165) is 18.4 Å². The largest absolute Gasteiger partial charge is 0.496 e. The maximum Gasteiger partial charge on any atom is 0.409 e. The van der Waals surface area contributed by atoms with E-state index in [1.807, 2.05) is 24.3 Å². The van der Waals surface area contributed by atoms with Crippen LogP contribution in [0.2, 0.25) is 0 Å². The van der Waals surface area contributed by atoms with E-state index in [0.29, 0.717) is 23.2 Å². The van der Waals surface area contributed by atoms with Gasteiger partial charge in [-0.25, -0.2) is 9.78 Å². The first kappa shape index (κ1) is 34.9. The number of piperazine rings is 1. The van der Waals surface area contributed by atoms with Crippen molar-refractivity contribution in [3.63, 3.8) is 0 Å². The zero-order chi connectivity index (χ0) is 34.9. The Kier molecular flexibility index (Phi) is 11.5. The molecule has 2 aliphatic rings. The average molecular weight is 676 g/mol. The molecule has 2 unspecified atom stereocenters. The molecule has 14 heteroatoms. The van der Waals surface area contributed by atoms with E-state index >= 15 is 0 Å². The first-order chi connectivity index (χ1) is 23.7. The summed E-state index contributed by atoms with van der Waals surface area (Å²) in [5, 5.41) is 12.6. The van der Waals surface area contributed by atoms with Crippen molar-refractivity contribution in [3.05, 3.63) is 65.9 Å². The Balaban J connectivity index is 1.30. The van der Waals surface area contributed by atoms with Crippen LogP contribution in [0.1, 0.15) is 54.7 Å². The number of likely N-dealkylation sites (tertiary alicyclic amines) is 1. The van der Waals surface area contributed by atoms with Gasteiger partial charge in [0, 0.05) is 56.2 Å². The second-order valence-electron chi connectivity index (χ2n) is 11.8. The van der Waals surface area contributed by atoms with Crippen molar-refractivity contribution >= 4 is 40.7 Å². The number of ether oxygens (including phenoxy) is 3. The summed E-state index contributed by atoms with van der Waals surface area (Å²) in [5.41, 5.74) is 1.31. The van der Waals surface area contributed by atoms with Gasteiger partial charge in [0.2, 0.25) is 5.91 Å². The summed E-state index contributed by atoms with van der Waals surface area (Å²) < 4.78 is 16.6. The summed E-state index contributed by atoms with van der Waals surface area (Å²) >= 11 is 0. The summed E-state index contributed by atoms with van der Waals surface area (Å²) in [6, 6.07) is 14.7. The fourth-order valence-electron chi connectivity index (χ4n) is 6.23. The molecule has 2 atom stereocenters. The van der Waals surface area contributed by atoms with Crippen LogP contribution in [0, 0.1) is 0 Å². The number of benzene rings is 2. The molecule has 0 spiro atoms. The van der Waals surface area contributed by atoms with Gasteiger partial charge in [-0.05, 0) is 44.4 Å². The predicted molar refractivity (Wildman–Crippen MR) is 177 cm³/mol. The molecule has 0 bridgehead atoms. The second kappa shape index (κ2) is 16.1. The fourth-order valence-corrected chi connectivity index (χ4v) is 6.23. The molecule has 2 saturated heterocycles. The van der Waals surface area contributed by atoms with Crippen LogP contribution in [-0.2, 0) is 19.1 Å². The lowest BCUT2D eigenvalue weighted by Gasteiger charge is -2.35. The SMILES string of the molecule is CCOC(=O)N1CCN(C(=O)C(CCC(=O)O)NC(=O)c2cc(OCC(=O)N3CCCC3c3ccccc3OC)c3ccccc3n2)CC1. The zero-order valence-corrected chi connectivity index (χ0v) is 27.6. The standard InChI is InChI=1S/C35H41N5O9/c1-3-48-35(46)39-19-17-38(18-20-39)34(45)26(14-15-32(42)43)37-33(44)27-21-30(23-9-4-6-11-25(23)36-27)49-22-31(41)40-16-8-12-28(40)24-10-5-7-13-29(24)47-2/h4-7,9-11,13,21,26,28H,3,8,12,14-20,22H2,1-2H3,(H,37,44)(H,42,43). The van der Waals surface area contributed by atoms with Crippen LogP contribution in [0.3, 0.4) is 0 Å². The molecule has 1 aromatic heterocycles. The summed E-state index contributed by atoms with van der Waals surface area (Å²) in [4.78, 5) is 73.4. The highest BCUT2D eigenvalue weighted by atomic mass is 16.6. The Labute approximate surface area is 283 Å². The predicted octanol–water partition coefficient (Wildman–Crippen LogP) is 3.25. The smallest absolute Gasteiger partial charge is 0.409 e. The number of carbonyl (C=O) groups is 5. The number of aliphatic carboxylic acids is 1. The first-order valence-corrected chi connectivity index (χ1v) is 16.4. The molecule has 0 saturated carbocycles. The molecule has 0 radical (unpaired) electrons. The van der Waals surface area contributed by atoms with Gasteiger partial charge in [0.05, 0.1) is 25.3 Å². The average Bonchev–Trinajstić information content (AvgIpc) is 3.62. The molecular weight excluding hydrogens is 634 g/mol. The van der Waals surface area contributed by atoms with Crippen LogP contribution in [0.4, 0.5) is 4.79 Å². The third-order valence-electron chi connectivity index (χ3n) is 8.70. The number of carbonyl (C=O) groups excluding carboxylic acids is 4. The molecule has 4 amide bonds. The van der Waals surface area contributed by atoms with Gasteiger partial charge >= 0.3 is 12.1 Å². The van der Waals surface area contributed by atoms with Gasteiger partial charge in [-0.2, -0.15) is 0 Å². The fraction of sp³-hybridized carbons (Fsp3) is 0.429. The minimum atomic E-state index is -1.15. The van der Waals surface area contributed by atoms with E-state index < -0.39 is 29.9 Å². The van der Waals surface area contributed by atoms with Gasteiger partial charge in [-0.3, -0.25) is 19.2 Å². The van der Waals surface area contributed by atoms with Crippen LogP contribution in [-0.4, -0.2) is 114 Å². The maximum absolute atomic E-state index is 13.6. The van der Waals surface area contributed by atoms with Crippen LogP contribution < -0.4 is 14.8 Å². The Morgan fingerprint density at radius 1 is 0.959 bits per heavy atom. The van der Waals surface area contributed by atoms with E-state index in [2.05, 4.69) is 10.3 Å². The molecule has 0 aliphatic carbocycles. The molecule has 2 fully saturated rings. The van der Waals surface area contributed by atoms with Gasteiger partial charge in [-0.1, -0.05) is 30.3 Å². The van der Waals surface area contributed by atoms with Crippen LogP contribution in [0.25, 0.3) is 10.9 Å². The molecule has 49 heavy (non-hydrogen) atoms. The lowest BCUT2D eigenvalue weighted by molar-refractivity contribution is -0.138. The highest BCUT2D eigenvalue weighted by molar-refractivity contribution is 5.99. The van der Waals surface area contributed by atoms with Crippen molar-refractivity contribution in [1.82, 2.24) is 25.0 Å². The van der Waals surface area contributed by atoms with Gasteiger partial charge < -0.3 is 39.3 Å². The number of amides is 4. The Hall–Kier alpha value is -5.40. The van der Waals surface area contributed by atoms with Crippen LogP contribution in [0.15, 0.2) is 54.6 Å². The Morgan fingerprint density at radius 3 is 2.41 bits per heavy atom. The number of pyridine rings is 1. The lowest BCUT2D eigenvalue weighted by atomic mass is 10.0. The number of carboxylic acid groups (broad SMARTS) is 1. The number of methoxy groups -OCH3 is 1. The number of rotatable bonds is 12. The summed E-state index contributed by atoms with van der Waals surface area (Å²) in [5.74, 6) is -1.52. The molecule has 3 aromatic rings. The monoisotopic (exact) mass is 675 g/mol. The highest BCUT2D eigenvalue weighted by Crippen LogP contribution is 2.37.